The molecule has 3 amide bonds. The maximum Gasteiger partial charge on any atom is 0.356 e. The van der Waals surface area contributed by atoms with Crippen LogP contribution >= 0.6 is 23.1 Å². The topological polar surface area (TPSA) is 200 Å². The van der Waals surface area contributed by atoms with E-state index in [0.717, 1.165) is 16.2 Å². The predicted molar refractivity (Wildman–Crippen MR) is 130 cm³/mol. The Morgan fingerprint density at radius 3 is 2.61 bits per heavy atom. The highest BCUT2D eigenvalue weighted by molar-refractivity contribution is 8.00. The number of carboxylic acids is 1. The number of anilines is 1. The summed E-state index contributed by atoms with van der Waals surface area (Å²) in [6, 6.07) is 5.35. The maximum atomic E-state index is 12.9. The Balaban J connectivity index is 1.47. The molecule has 0 saturated carbocycles. The number of hydrogen-bond donors (Lipinski definition) is 4. The fourth-order valence-corrected chi connectivity index (χ4v) is 5.36. The van der Waals surface area contributed by atoms with Crippen molar-refractivity contribution in [2.75, 3.05) is 18.6 Å². The average molecular weight is 533 g/mol. The molecule has 3 heterocycles. The van der Waals surface area contributed by atoms with Crippen LogP contribution in [0.5, 0.6) is 0 Å². The number of aromatic nitrogens is 1. The zero-order valence-electron chi connectivity index (χ0n) is 18.7. The van der Waals surface area contributed by atoms with Gasteiger partial charge in [-0.1, -0.05) is 17.3 Å². The van der Waals surface area contributed by atoms with Gasteiger partial charge in [-0.25, -0.2) is 9.78 Å². The number of nitrogens with zero attached hydrogens (tertiary/aromatic N) is 3. The first-order valence-electron chi connectivity index (χ1n) is 10.3. The number of fused-ring (bicyclic) bond motifs is 1. The van der Waals surface area contributed by atoms with Crippen LogP contribution in [0, 0.1) is 0 Å². The highest BCUT2D eigenvalue weighted by Gasteiger charge is 2.55. The van der Waals surface area contributed by atoms with Crippen LogP contribution in [0.2, 0.25) is 0 Å². The summed E-state index contributed by atoms with van der Waals surface area (Å²) in [5.74, 6) is -2.97. The van der Waals surface area contributed by atoms with Crippen LogP contribution in [-0.2, 0) is 30.6 Å². The van der Waals surface area contributed by atoms with Gasteiger partial charge in [-0.15, -0.1) is 23.1 Å². The molecule has 2 aromatic rings. The zero-order chi connectivity index (χ0) is 26.0. The zero-order valence-corrected chi connectivity index (χ0v) is 20.3. The quantitative estimate of drug-likeness (QED) is 0.195. The summed E-state index contributed by atoms with van der Waals surface area (Å²) >= 11 is 2.35. The minimum atomic E-state index is -1.34. The molecule has 1 saturated heterocycles. The minimum absolute atomic E-state index is 0.0200. The second-order valence-corrected chi connectivity index (χ2v) is 9.48. The first kappa shape index (κ1) is 25.0. The highest BCUT2D eigenvalue weighted by Crippen LogP contribution is 2.40. The van der Waals surface area contributed by atoms with E-state index in [2.05, 4.69) is 15.5 Å². The Hall–Kier alpha value is -4.11. The molecule has 0 radical (unpaired) electrons. The molecule has 15 heteroatoms. The van der Waals surface area contributed by atoms with E-state index in [4.69, 9.17) is 21.0 Å². The van der Waals surface area contributed by atoms with Crippen molar-refractivity contribution in [1.82, 2.24) is 15.2 Å². The lowest BCUT2D eigenvalue weighted by Crippen LogP contribution is -2.71. The summed E-state index contributed by atoms with van der Waals surface area (Å²) < 4.78 is 5.72. The third-order valence-electron chi connectivity index (χ3n) is 5.24. The van der Waals surface area contributed by atoms with Crippen molar-refractivity contribution in [2.24, 2.45) is 10.9 Å². The van der Waals surface area contributed by atoms with Crippen molar-refractivity contribution in [2.45, 2.75) is 18.0 Å². The molecule has 0 unspecified atom stereocenters. The normalized spacial score (nSPS) is 19.3. The van der Waals surface area contributed by atoms with Crippen LogP contribution in [0.15, 0.2) is 46.3 Å². The second kappa shape index (κ2) is 10.2. The molecule has 188 valence electrons. The summed E-state index contributed by atoms with van der Waals surface area (Å²) in [6.45, 7) is 0.0200. The molecule has 13 nitrogen and oxygen atoms in total. The Morgan fingerprint density at radius 1 is 1.31 bits per heavy atom. The second-order valence-electron chi connectivity index (χ2n) is 7.48. The van der Waals surface area contributed by atoms with Gasteiger partial charge in [-0.3, -0.25) is 19.3 Å². The molecule has 0 bridgehead atoms. The van der Waals surface area contributed by atoms with Crippen molar-refractivity contribution < 1.29 is 33.9 Å². The van der Waals surface area contributed by atoms with Crippen molar-refractivity contribution in [3.63, 3.8) is 0 Å². The number of amides is 3. The summed E-state index contributed by atoms with van der Waals surface area (Å²) in [4.78, 5) is 58.7. The summed E-state index contributed by atoms with van der Waals surface area (Å²) in [6.07, 6.45) is 0. The number of carbonyl (C=O) groups excluding carboxylic acids is 3. The summed E-state index contributed by atoms with van der Waals surface area (Å²) in [7, 11) is 1.26. The number of carboxylic acid groups (broad SMARTS) is 1. The molecule has 0 aliphatic carbocycles. The van der Waals surface area contributed by atoms with Gasteiger partial charge in [0.05, 0.1) is 5.75 Å². The fourth-order valence-electron chi connectivity index (χ4n) is 3.54. The van der Waals surface area contributed by atoms with Crippen LogP contribution in [-0.4, -0.2) is 68.7 Å². The van der Waals surface area contributed by atoms with Gasteiger partial charge in [-0.05, 0) is 17.7 Å². The molecule has 0 spiro atoms. The molecule has 1 aromatic heterocycles. The molecular formula is C21H20N6O7S2. The van der Waals surface area contributed by atoms with Gasteiger partial charge < -0.3 is 31.5 Å². The van der Waals surface area contributed by atoms with E-state index >= 15 is 0 Å². The molecular weight excluding hydrogens is 512 g/mol. The number of carbonyl (C=O) groups is 4. The number of β-lactam (4-membered cyclic amide) rings is 1. The number of thiazole rings is 1. The first-order valence-corrected chi connectivity index (χ1v) is 12.2. The largest absolute Gasteiger partial charge is 0.490 e. The number of nitrogen functional groups attached to an aromatic ring is 1. The van der Waals surface area contributed by atoms with Crippen molar-refractivity contribution >= 4 is 57.6 Å². The third-order valence-corrected chi connectivity index (χ3v) is 7.16. The lowest BCUT2D eigenvalue weighted by Gasteiger charge is -2.48. The Bertz CT molecular complexity index is 1290. The molecule has 2 aliphatic rings. The van der Waals surface area contributed by atoms with Gasteiger partial charge in [0.25, 0.3) is 11.8 Å². The number of hydrogen-bond acceptors (Lipinski definition) is 11. The lowest BCUT2D eigenvalue weighted by molar-refractivity contribution is -0.150. The predicted octanol–water partition coefficient (Wildman–Crippen LogP) is 0.0876. The fraction of sp³-hybridized carbons (Fsp3) is 0.238. The Kier molecular flexibility index (Phi) is 7.12. The smallest absolute Gasteiger partial charge is 0.356 e. The van der Waals surface area contributed by atoms with E-state index in [1.807, 2.05) is 0 Å². The SMILES string of the molecule is CON=C(C(=O)N[C@@H]1C(=O)N2C(C(=O)O)=C(OCc3ccc(C(N)=O)cc3)CS[C@@H]12)c1csc(N)n1. The number of aliphatic carboxylic acids is 1. The monoisotopic (exact) mass is 532 g/mol. The van der Waals surface area contributed by atoms with Gasteiger partial charge in [0, 0.05) is 10.9 Å². The van der Waals surface area contributed by atoms with E-state index in [9.17, 15) is 24.3 Å². The molecule has 2 aliphatic heterocycles. The van der Waals surface area contributed by atoms with Crippen molar-refractivity contribution in [1.29, 1.82) is 0 Å². The van der Waals surface area contributed by atoms with Gasteiger partial charge in [-0.2, -0.15) is 0 Å². The van der Waals surface area contributed by atoms with Crippen molar-refractivity contribution in [3.05, 3.63) is 57.9 Å². The number of nitrogens with two attached hydrogens (primary N) is 2. The van der Waals surface area contributed by atoms with Gasteiger partial charge >= 0.3 is 5.97 Å². The van der Waals surface area contributed by atoms with Gasteiger partial charge in [0.2, 0.25) is 5.91 Å². The average Bonchev–Trinajstić information content (AvgIpc) is 3.29. The molecule has 2 atom stereocenters. The highest BCUT2D eigenvalue weighted by atomic mass is 32.2. The summed E-state index contributed by atoms with van der Waals surface area (Å²) in [5.41, 5.74) is 11.6. The van der Waals surface area contributed by atoms with Crippen LogP contribution in [0.3, 0.4) is 0 Å². The van der Waals surface area contributed by atoms with E-state index in [0.29, 0.717) is 11.1 Å². The Labute approximate surface area is 212 Å². The first-order chi connectivity index (χ1) is 17.2. The van der Waals surface area contributed by atoms with Crippen LogP contribution in [0.1, 0.15) is 21.6 Å². The van der Waals surface area contributed by atoms with Gasteiger partial charge in [0.1, 0.15) is 36.6 Å². The summed E-state index contributed by atoms with van der Waals surface area (Å²) in [5, 5.41) is 17.1. The van der Waals surface area contributed by atoms with E-state index in [1.165, 1.54) is 36.4 Å². The molecule has 6 N–H and O–H groups in total. The molecule has 4 rings (SSSR count). The molecule has 1 aromatic carbocycles. The maximum absolute atomic E-state index is 12.9. The third kappa shape index (κ3) is 4.83. The van der Waals surface area contributed by atoms with E-state index < -0.39 is 35.1 Å². The Morgan fingerprint density at radius 2 is 2.03 bits per heavy atom. The van der Waals surface area contributed by atoms with Crippen molar-refractivity contribution in [3.8, 4) is 0 Å². The lowest BCUT2D eigenvalue weighted by atomic mass is 10.0. The standard InChI is InChI=1S/C21H20N6O7S2/c1-33-26-13(11-7-36-21(23)24-11)17(29)25-14-18(30)27-15(20(31)32)12(8-35-19(14)27)34-6-9-2-4-10(5-3-9)16(22)28/h2-5,7,14,19H,6,8H2,1H3,(H2,22,28)(H2,23,24)(H,25,29)(H,31,32)/t14-,19+/m1/s1. The van der Waals surface area contributed by atoms with E-state index in [1.54, 1.807) is 12.1 Å². The van der Waals surface area contributed by atoms with Crippen LogP contribution < -0.4 is 16.8 Å². The number of ether oxygens (including phenoxy) is 1. The molecule has 1 fully saturated rings. The van der Waals surface area contributed by atoms with E-state index in [-0.39, 0.29) is 40.4 Å². The number of oxime groups is 1. The minimum Gasteiger partial charge on any atom is -0.490 e. The number of rotatable bonds is 9. The number of primary amides is 1. The number of thioether (sulfide) groups is 1. The van der Waals surface area contributed by atoms with Crippen LogP contribution in [0.4, 0.5) is 5.13 Å². The molecule has 36 heavy (non-hydrogen) atoms. The number of benzene rings is 1. The van der Waals surface area contributed by atoms with Gasteiger partial charge in [0.15, 0.2) is 16.5 Å². The number of nitrogens with one attached hydrogen (secondary N) is 1. The van der Waals surface area contributed by atoms with Crippen LogP contribution in [0.25, 0.3) is 0 Å².